The van der Waals surface area contributed by atoms with E-state index in [4.69, 9.17) is 4.74 Å². The Morgan fingerprint density at radius 3 is 2.50 bits per heavy atom. The highest BCUT2D eigenvalue weighted by Crippen LogP contribution is 2.63. The van der Waals surface area contributed by atoms with Gasteiger partial charge in [0.15, 0.2) is 0 Å². The molecule has 0 amide bonds. The molecule has 2 saturated carbocycles. The van der Waals surface area contributed by atoms with Crippen LogP contribution in [0.4, 0.5) is 0 Å². The van der Waals surface area contributed by atoms with Crippen molar-refractivity contribution in [3.05, 3.63) is 0 Å². The fraction of sp³-hybridized carbons (Fsp3) is 0.952. The van der Waals surface area contributed by atoms with Crippen LogP contribution in [0.1, 0.15) is 79.6 Å². The summed E-state index contributed by atoms with van der Waals surface area (Å²) in [7, 11) is 1.82. The van der Waals surface area contributed by atoms with Crippen molar-refractivity contribution < 1.29 is 14.6 Å². The predicted octanol–water partition coefficient (Wildman–Crippen LogP) is 5.38. The Morgan fingerprint density at radius 2 is 1.96 bits per heavy atom. The maximum Gasteiger partial charge on any atom is 0.309 e. The van der Waals surface area contributed by atoms with Gasteiger partial charge in [-0.2, -0.15) is 0 Å². The molecule has 2 fully saturated rings. The van der Waals surface area contributed by atoms with Crippen molar-refractivity contribution in [1.29, 1.82) is 0 Å². The summed E-state index contributed by atoms with van der Waals surface area (Å²) in [6.45, 7) is 11.3. The number of hydrogen-bond donors (Lipinski definition) is 1. The van der Waals surface area contributed by atoms with Crippen molar-refractivity contribution in [2.24, 2.45) is 34.5 Å². The zero-order valence-corrected chi connectivity index (χ0v) is 16.6. The average molecular weight is 339 g/mol. The van der Waals surface area contributed by atoms with E-state index >= 15 is 0 Å². The van der Waals surface area contributed by atoms with Crippen molar-refractivity contribution in [3.63, 3.8) is 0 Å². The summed E-state index contributed by atoms with van der Waals surface area (Å²) in [5.74, 6) is 1.58. The summed E-state index contributed by atoms with van der Waals surface area (Å²) in [6, 6.07) is 0. The van der Waals surface area contributed by atoms with E-state index in [0.29, 0.717) is 11.8 Å². The highest BCUT2D eigenvalue weighted by molar-refractivity contribution is 5.75. The molecule has 0 radical (unpaired) electrons. The molecule has 140 valence electrons. The molecule has 0 aromatic rings. The molecular formula is C21H38O3. The SMILES string of the molecule is CC[C@@H](C)CC[C@H]1[C@@H](C)CC[C@@H]2[C@]1(C)C(OC)CC[C@@]2(C)C(=O)O. The number of hydrogen-bond acceptors (Lipinski definition) is 2. The van der Waals surface area contributed by atoms with E-state index in [1.54, 1.807) is 0 Å². The summed E-state index contributed by atoms with van der Waals surface area (Å²) in [5.41, 5.74) is -0.621. The van der Waals surface area contributed by atoms with Crippen LogP contribution in [-0.2, 0) is 9.53 Å². The first-order chi connectivity index (χ1) is 11.2. The van der Waals surface area contributed by atoms with Crippen LogP contribution in [0.3, 0.4) is 0 Å². The summed E-state index contributed by atoms with van der Waals surface area (Å²) >= 11 is 0. The normalized spacial score (nSPS) is 43.9. The first-order valence-electron chi connectivity index (χ1n) is 9.97. The van der Waals surface area contributed by atoms with Gasteiger partial charge in [-0.15, -0.1) is 0 Å². The zero-order valence-electron chi connectivity index (χ0n) is 16.6. The highest BCUT2D eigenvalue weighted by atomic mass is 16.5. The quantitative estimate of drug-likeness (QED) is 0.707. The van der Waals surface area contributed by atoms with Crippen LogP contribution in [0.25, 0.3) is 0 Å². The van der Waals surface area contributed by atoms with Crippen molar-refractivity contribution in [2.75, 3.05) is 7.11 Å². The van der Waals surface area contributed by atoms with E-state index in [1.165, 1.54) is 19.3 Å². The minimum Gasteiger partial charge on any atom is -0.481 e. The third kappa shape index (κ3) is 3.13. The van der Waals surface area contributed by atoms with Gasteiger partial charge in [-0.3, -0.25) is 4.79 Å². The Bertz CT molecular complexity index is 448. The molecule has 24 heavy (non-hydrogen) atoms. The summed E-state index contributed by atoms with van der Waals surface area (Å²) in [5, 5.41) is 9.98. The number of ether oxygens (including phenoxy) is 1. The Morgan fingerprint density at radius 1 is 1.29 bits per heavy atom. The molecule has 0 saturated heterocycles. The number of aliphatic carboxylic acids is 1. The lowest BCUT2D eigenvalue weighted by Gasteiger charge is -2.61. The van der Waals surface area contributed by atoms with Crippen molar-refractivity contribution >= 4 is 5.97 Å². The molecule has 2 aliphatic carbocycles. The fourth-order valence-corrected chi connectivity index (χ4v) is 6.09. The van der Waals surface area contributed by atoms with Crippen molar-refractivity contribution in [3.8, 4) is 0 Å². The van der Waals surface area contributed by atoms with Gasteiger partial charge < -0.3 is 9.84 Å². The van der Waals surface area contributed by atoms with Gasteiger partial charge in [0.25, 0.3) is 0 Å². The van der Waals surface area contributed by atoms with Gasteiger partial charge in [0, 0.05) is 12.5 Å². The van der Waals surface area contributed by atoms with Gasteiger partial charge >= 0.3 is 5.97 Å². The van der Waals surface area contributed by atoms with Crippen LogP contribution in [0, 0.1) is 34.5 Å². The lowest BCUT2D eigenvalue weighted by Crippen LogP contribution is -2.60. The topological polar surface area (TPSA) is 46.5 Å². The molecule has 1 unspecified atom stereocenters. The van der Waals surface area contributed by atoms with Gasteiger partial charge in [-0.25, -0.2) is 0 Å². The summed E-state index contributed by atoms with van der Waals surface area (Å²) < 4.78 is 5.96. The van der Waals surface area contributed by atoms with Crippen LogP contribution in [-0.4, -0.2) is 24.3 Å². The van der Waals surface area contributed by atoms with Crippen LogP contribution in [0.5, 0.6) is 0 Å². The predicted molar refractivity (Wildman–Crippen MR) is 97.9 cm³/mol. The molecule has 0 aromatic heterocycles. The molecular weight excluding hydrogens is 300 g/mol. The number of carboxylic acid groups (broad SMARTS) is 1. The van der Waals surface area contributed by atoms with Gasteiger partial charge in [-0.1, -0.05) is 47.0 Å². The largest absolute Gasteiger partial charge is 0.481 e. The maximum atomic E-state index is 12.1. The van der Waals surface area contributed by atoms with Crippen LogP contribution < -0.4 is 0 Å². The van der Waals surface area contributed by atoms with Gasteiger partial charge in [-0.05, 0) is 56.3 Å². The van der Waals surface area contributed by atoms with E-state index in [-0.39, 0.29) is 17.4 Å². The molecule has 0 heterocycles. The molecule has 0 aromatic carbocycles. The van der Waals surface area contributed by atoms with Gasteiger partial charge in [0.05, 0.1) is 11.5 Å². The summed E-state index contributed by atoms with van der Waals surface area (Å²) in [4.78, 5) is 12.1. The molecule has 2 rings (SSSR count). The van der Waals surface area contributed by atoms with Crippen LogP contribution in [0.2, 0.25) is 0 Å². The Labute approximate surface area is 148 Å². The van der Waals surface area contributed by atoms with Crippen molar-refractivity contribution in [2.45, 2.75) is 85.7 Å². The molecule has 7 atom stereocenters. The number of methoxy groups -OCH3 is 1. The standard InChI is InChI=1S/C21H38O3/c1-7-14(2)8-10-16-15(3)9-11-17-20(4,19(22)23)13-12-18(24-6)21(16,17)5/h14-18H,7-13H2,1-6H3,(H,22,23)/t14-,15+,16+,17+,18?,20-,21-/m1/s1. The average Bonchev–Trinajstić information content (AvgIpc) is 2.53. The fourth-order valence-electron chi connectivity index (χ4n) is 6.09. The van der Waals surface area contributed by atoms with Crippen molar-refractivity contribution in [1.82, 2.24) is 0 Å². The molecule has 3 nitrogen and oxygen atoms in total. The minimum atomic E-state index is -0.608. The number of carboxylic acids is 1. The summed E-state index contributed by atoms with van der Waals surface area (Å²) in [6.07, 6.45) is 7.67. The number of fused-ring (bicyclic) bond motifs is 1. The molecule has 0 spiro atoms. The van der Waals surface area contributed by atoms with E-state index in [9.17, 15) is 9.90 Å². The highest BCUT2D eigenvalue weighted by Gasteiger charge is 2.61. The van der Waals surface area contributed by atoms with Gasteiger partial charge in [0.2, 0.25) is 0 Å². The second-order valence-electron chi connectivity index (χ2n) is 9.16. The first-order valence-corrected chi connectivity index (χ1v) is 9.97. The third-order valence-corrected chi connectivity index (χ3v) is 7.98. The molecule has 0 aliphatic heterocycles. The Balaban J connectivity index is 2.37. The maximum absolute atomic E-state index is 12.1. The van der Waals surface area contributed by atoms with E-state index in [2.05, 4.69) is 27.7 Å². The van der Waals surface area contributed by atoms with Crippen LogP contribution >= 0.6 is 0 Å². The minimum absolute atomic E-state index is 0.0226. The zero-order chi connectivity index (χ0) is 18.1. The third-order valence-electron chi connectivity index (χ3n) is 7.98. The second-order valence-corrected chi connectivity index (χ2v) is 9.16. The first kappa shape index (κ1) is 19.8. The Hall–Kier alpha value is -0.570. The molecule has 2 aliphatic rings. The van der Waals surface area contributed by atoms with E-state index in [1.807, 2.05) is 14.0 Å². The lowest BCUT2D eigenvalue weighted by atomic mass is 9.44. The molecule has 1 N–H and O–H groups in total. The van der Waals surface area contributed by atoms with Crippen LogP contribution in [0.15, 0.2) is 0 Å². The molecule has 3 heteroatoms. The number of carbonyl (C=O) groups is 1. The lowest BCUT2D eigenvalue weighted by molar-refractivity contribution is -0.198. The second kappa shape index (κ2) is 7.35. The Kier molecular flexibility index (Phi) is 6.05. The van der Waals surface area contributed by atoms with E-state index < -0.39 is 11.4 Å². The monoisotopic (exact) mass is 338 g/mol. The smallest absolute Gasteiger partial charge is 0.309 e. The number of rotatable bonds is 6. The van der Waals surface area contributed by atoms with Gasteiger partial charge in [0.1, 0.15) is 0 Å². The van der Waals surface area contributed by atoms with E-state index in [0.717, 1.165) is 31.6 Å². The molecule has 0 bridgehead atoms.